The van der Waals surface area contributed by atoms with Crippen LogP contribution in [0, 0.1) is 5.92 Å². The van der Waals surface area contributed by atoms with E-state index in [1.165, 1.54) is 0 Å². The number of anilines is 2. The highest BCUT2D eigenvalue weighted by molar-refractivity contribution is 6.03. The standard InChI is InChI=1S/C21H21N3O3/c1-13(20(22)26)17(11-14-5-3-2-4-6-14)21(27)23-16-9-7-15-8-10-19(25)24-18(15)12-16/h2-7,9,12,17H,1,8,10-11H2,(H2,22,26)(H,23,27)(H,24,25)/t17-/m0/s1. The van der Waals surface area contributed by atoms with E-state index in [0.29, 0.717) is 30.6 Å². The highest BCUT2D eigenvalue weighted by atomic mass is 16.2. The van der Waals surface area contributed by atoms with E-state index in [1.54, 1.807) is 12.1 Å². The summed E-state index contributed by atoms with van der Waals surface area (Å²) in [5, 5.41) is 5.61. The Bertz CT molecular complexity index is 906. The number of hydrogen-bond acceptors (Lipinski definition) is 3. The van der Waals surface area contributed by atoms with Crippen molar-refractivity contribution in [2.45, 2.75) is 19.3 Å². The van der Waals surface area contributed by atoms with Gasteiger partial charge in [0.1, 0.15) is 0 Å². The number of carbonyl (C=O) groups is 3. The quantitative estimate of drug-likeness (QED) is 0.687. The fourth-order valence-corrected chi connectivity index (χ4v) is 3.07. The molecule has 3 rings (SSSR count). The largest absolute Gasteiger partial charge is 0.366 e. The maximum absolute atomic E-state index is 12.8. The topological polar surface area (TPSA) is 101 Å². The summed E-state index contributed by atoms with van der Waals surface area (Å²) in [5.41, 5.74) is 8.57. The summed E-state index contributed by atoms with van der Waals surface area (Å²) in [6.45, 7) is 3.70. The number of benzene rings is 2. The molecule has 0 fully saturated rings. The Morgan fingerprint density at radius 2 is 1.89 bits per heavy atom. The SMILES string of the molecule is C=C(C(N)=O)[C@H](Cc1ccccc1)C(=O)Nc1ccc2c(c1)NC(=O)CC2. The van der Waals surface area contributed by atoms with Crippen molar-refractivity contribution < 1.29 is 14.4 Å². The summed E-state index contributed by atoms with van der Waals surface area (Å²) in [4.78, 5) is 36.0. The molecule has 6 heteroatoms. The van der Waals surface area contributed by atoms with Crippen LogP contribution in [-0.2, 0) is 27.2 Å². The van der Waals surface area contributed by atoms with Gasteiger partial charge in [-0.05, 0) is 36.1 Å². The van der Waals surface area contributed by atoms with Crippen LogP contribution in [0.15, 0.2) is 60.7 Å². The summed E-state index contributed by atoms with van der Waals surface area (Å²) in [5.74, 6) is -1.90. The number of rotatable bonds is 6. The minimum Gasteiger partial charge on any atom is -0.366 e. The summed E-state index contributed by atoms with van der Waals surface area (Å²) >= 11 is 0. The molecule has 1 atom stereocenters. The molecule has 27 heavy (non-hydrogen) atoms. The number of amides is 3. The van der Waals surface area contributed by atoms with Crippen molar-refractivity contribution in [3.05, 3.63) is 71.8 Å². The second-order valence-corrected chi connectivity index (χ2v) is 6.54. The highest BCUT2D eigenvalue weighted by Crippen LogP contribution is 2.27. The normalized spacial score (nSPS) is 13.9. The molecule has 2 aromatic rings. The van der Waals surface area contributed by atoms with Crippen LogP contribution < -0.4 is 16.4 Å². The van der Waals surface area contributed by atoms with Gasteiger partial charge in [-0.15, -0.1) is 0 Å². The molecule has 0 aliphatic carbocycles. The number of aryl methyl sites for hydroxylation is 1. The van der Waals surface area contributed by atoms with Crippen molar-refractivity contribution in [2.75, 3.05) is 10.6 Å². The molecule has 1 heterocycles. The Kier molecular flexibility index (Phi) is 5.35. The molecule has 3 amide bonds. The lowest BCUT2D eigenvalue weighted by Crippen LogP contribution is -2.31. The summed E-state index contributed by atoms with van der Waals surface area (Å²) in [6, 6.07) is 14.7. The van der Waals surface area contributed by atoms with Gasteiger partial charge in [0.15, 0.2) is 0 Å². The molecule has 0 saturated carbocycles. The van der Waals surface area contributed by atoms with Crippen LogP contribution in [0.25, 0.3) is 0 Å². The number of primary amides is 1. The Morgan fingerprint density at radius 3 is 2.59 bits per heavy atom. The Balaban J connectivity index is 1.80. The van der Waals surface area contributed by atoms with Gasteiger partial charge in [0.05, 0.1) is 5.92 Å². The number of nitrogens with one attached hydrogen (secondary N) is 2. The molecule has 138 valence electrons. The fourth-order valence-electron chi connectivity index (χ4n) is 3.07. The van der Waals surface area contributed by atoms with Gasteiger partial charge in [-0.2, -0.15) is 0 Å². The molecular weight excluding hydrogens is 342 g/mol. The van der Waals surface area contributed by atoms with Crippen molar-refractivity contribution in [3.8, 4) is 0 Å². The van der Waals surface area contributed by atoms with Crippen LogP contribution in [0.3, 0.4) is 0 Å². The van der Waals surface area contributed by atoms with Gasteiger partial charge in [0.2, 0.25) is 17.7 Å². The van der Waals surface area contributed by atoms with Crippen LogP contribution in [0.1, 0.15) is 17.5 Å². The predicted molar refractivity (Wildman–Crippen MR) is 104 cm³/mol. The molecule has 1 aliphatic heterocycles. The van der Waals surface area contributed by atoms with E-state index in [1.807, 2.05) is 36.4 Å². The number of nitrogens with two attached hydrogens (primary N) is 1. The van der Waals surface area contributed by atoms with Crippen molar-refractivity contribution in [1.29, 1.82) is 0 Å². The second-order valence-electron chi connectivity index (χ2n) is 6.54. The van der Waals surface area contributed by atoms with E-state index in [2.05, 4.69) is 17.2 Å². The van der Waals surface area contributed by atoms with Crippen molar-refractivity contribution in [1.82, 2.24) is 0 Å². The summed E-state index contributed by atoms with van der Waals surface area (Å²) in [6.07, 6.45) is 1.44. The zero-order chi connectivity index (χ0) is 19.4. The molecule has 0 radical (unpaired) electrons. The second kappa shape index (κ2) is 7.86. The van der Waals surface area contributed by atoms with Crippen molar-refractivity contribution >= 4 is 29.1 Å². The van der Waals surface area contributed by atoms with Gasteiger partial charge in [-0.25, -0.2) is 0 Å². The van der Waals surface area contributed by atoms with Crippen molar-refractivity contribution in [3.63, 3.8) is 0 Å². The van der Waals surface area contributed by atoms with Crippen molar-refractivity contribution in [2.24, 2.45) is 11.7 Å². The van der Waals surface area contributed by atoms with Gasteiger partial charge in [-0.3, -0.25) is 14.4 Å². The van der Waals surface area contributed by atoms with E-state index in [0.717, 1.165) is 11.1 Å². The lowest BCUT2D eigenvalue weighted by Gasteiger charge is -2.20. The predicted octanol–water partition coefficient (Wildman–Crippen LogP) is 2.41. The molecule has 0 bridgehead atoms. The molecular formula is C21H21N3O3. The average Bonchev–Trinajstić information content (AvgIpc) is 2.66. The molecule has 6 nitrogen and oxygen atoms in total. The molecule has 1 aliphatic rings. The maximum atomic E-state index is 12.8. The summed E-state index contributed by atoms with van der Waals surface area (Å²) < 4.78 is 0. The maximum Gasteiger partial charge on any atom is 0.244 e. The average molecular weight is 363 g/mol. The van der Waals surface area contributed by atoms with Gasteiger partial charge in [0, 0.05) is 23.4 Å². The first-order valence-electron chi connectivity index (χ1n) is 8.70. The van der Waals surface area contributed by atoms with E-state index < -0.39 is 11.8 Å². The van der Waals surface area contributed by atoms with Crippen LogP contribution in [0.5, 0.6) is 0 Å². The summed E-state index contributed by atoms with van der Waals surface area (Å²) in [7, 11) is 0. The van der Waals surface area contributed by atoms with Crippen LogP contribution in [-0.4, -0.2) is 17.7 Å². The van der Waals surface area contributed by atoms with Gasteiger partial charge in [0.25, 0.3) is 0 Å². The van der Waals surface area contributed by atoms with E-state index in [9.17, 15) is 14.4 Å². The lowest BCUT2D eigenvalue weighted by molar-refractivity contribution is -0.122. The zero-order valence-electron chi connectivity index (χ0n) is 14.8. The third kappa shape index (κ3) is 4.41. The molecule has 0 aromatic heterocycles. The fraction of sp³-hybridized carbons (Fsp3) is 0.190. The Hall–Kier alpha value is -3.41. The number of fused-ring (bicyclic) bond motifs is 1. The minimum absolute atomic E-state index is 0.0463. The van der Waals surface area contributed by atoms with Crippen LogP contribution in [0.2, 0.25) is 0 Å². The van der Waals surface area contributed by atoms with Gasteiger partial charge < -0.3 is 16.4 Å². The number of hydrogen-bond donors (Lipinski definition) is 3. The van der Waals surface area contributed by atoms with E-state index >= 15 is 0 Å². The zero-order valence-corrected chi connectivity index (χ0v) is 14.8. The third-order valence-corrected chi connectivity index (χ3v) is 4.61. The number of carbonyl (C=O) groups excluding carboxylic acids is 3. The molecule has 0 spiro atoms. The Labute approximate surface area is 157 Å². The van der Waals surface area contributed by atoms with Gasteiger partial charge in [-0.1, -0.05) is 43.0 Å². The van der Waals surface area contributed by atoms with E-state index in [4.69, 9.17) is 5.73 Å². The molecule has 2 aromatic carbocycles. The first-order valence-corrected chi connectivity index (χ1v) is 8.70. The first kappa shape index (κ1) is 18.4. The van der Waals surface area contributed by atoms with Crippen LogP contribution in [0.4, 0.5) is 11.4 Å². The van der Waals surface area contributed by atoms with Crippen LogP contribution >= 0.6 is 0 Å². The Morgan fingerprint density at radius 1 is 1.15 bits per heavy atom. The molecule has 0 unspecified atom stereocenters. The monoisotopic (exact) mass is 363 g/mol. The first-order chi connectivity index (χ1) is 12.9. The lowest BCUT2D eigenvalue weighted by atomic mass is 9.91. The smallest absolute Gasteiger partial charge is 0.244 e. The molecule has 0 saturated heterocycles. The molecule has 4 N–H and O–H groups in total. The van der Waals surface area contributed by atoms with E-state index in [-0.39, 0.29) is 17.4 Å². The van der Waals surface area contributed by atoms with Gasteiger partial charge >= 0.3 is 0 Å². The third-order valence-electron chi connectivity index (χ3n) is 4.61. The highest BCUT2D eigenvalue weighted by Gasteiger charge is 2.26. The minimum atomic E-state index is -0.782.